The Hall–Kier alpha value is -3.01. The SMILES string of the molecule is CC[C@@H]1CN(Cc2cc(C(CC(=O)O)c3ccc(C(C)=O)s3)ccc2C)S(=O)(=O)c2ccccc2O1. The van der Waals surface area contributed by atoms with Crippen molar-refractivity contribution in [2.24, 2.45) is 0 Å². The van der Waals surface area contributed by atoms with E-state index in [1.807, 2.05) is 32.0 Å². The number of carboxylic acid groups (broad SMARTS) is 1. The molecule has 9 heteroatoms. The maximum absolute atomic E-state index is 13.6. The van der Waals surface area contributed by atoms with Gasteiger partial charge in [-0.25, -0.2) is 8.42 Å². The smallest absolute Gasteiger partial charge is 0.304 e. The predicted octanol–water partition coefficient (Wildman–Crippen LogP) is 5.23. The molecule has 0 amide bonds. The Morgan fingerprint density at radius 2 is 1.92 bits per heavy atom. The molecule has 0 radical (unpaired) electrons. The third kappa shape index (κ3) is 5.38. The lowest BCUT2D eigenvalue weighted by atomic mass is 9.91. The van der Waals surface area contributed by atoms with Gasteiger partial charge < -0.3 is 9.84 Å². The van der Waals surface area contributed by atoms with Crippen LogP contribution < -0.4 is 4.74 Å². The maximum Gasteiger partial charge on any atom is 0.304 e. The number of nitrogens with zero attached hydrogens (tertiary/aromatic N) is 1. The third-order valence-electron chi connectivity index (χ3n) is 6.44. The fraction of sp³-hybridized carbons (Fsp3) is 0.333. The summed E-state index contributed by atoms with van der Waals surface area (Å²) in [6.45, 7) is 5.71. The van der Waals surface area contributed by atoms with Gasteiger partial charge in [-0.15, -0.1) is 11.3 Å². The van der Waals surface area contributed by atoms with Crippen molar-refractivity contribution >= 4 is 33.1 Å². The minimum absolute atomic E-state index is 0.0655. The number of ketones is 1. The first kappa shape index (κ1) is 26.1. The second-order valence-corrected chi connectivity index (χ2v) is 12.0. The molecule has 1 aliphatic heterocycles. The molecule has 1 unspecified atom stereocenters. The lowest BCUT2D eigenvalue weighted by Gasteiger charge is -2.24. The summed E-state index contributed by atoms with van der Waals surface area (Å²) in [6, 6.07) is 15.9. The van der Waals surface area contributed by atoms with Crippen LogP contribution in [0.2, 0.25) is 0 Å². The molecule has 0 saturated carbocycles. The van der Waals surface area contributed by atoms with Gasteiger partial charge in [0.2, 0.25) is 10.0 Å². The second kappa shape index (κ2) is 10.5. The minimum atomic E-state index is -3.81. The van der Waals surface area contributed by atoms with Crippen LogP contribution in [0.3, 0.4) is 0 Å². The van der Waals surface area contributed by atoms with Crippen LogP contribution in [0.1, 0.15) is 63.8 Å². The first-order valence-electron chi connectivity index (χ1n) is 11.8. The molecule has 0 spiro atoms. The highest BCUT2D eigenvalue weighted by molar-refractivity contribution is 7.89. The van der Waals surface area contributed by atoms with E-state index in [0.717, 1.165) is 21.6 Å². The number of Topliss-reactive ketones (excluding diaryl/α,β-unsaturated/α-hetero) is 1. The van der Waals surface area contributed by atoms with Crippen LogP contribution in [0.5, 0.6) is 5.75 Å². The molecule has 1 aromatic heterocycles. The molecule has 36 heavy (non-hydrogen) atoms. The number of hydrogen-bond acceptors (Lipinski definition) is 6. The number of aliphatic carboxylic acids is 1. The average molecular weight is 528 g/mol. The van der Waals surface area contributed by atoms with Gasteiger partial charge in [-0.3, -0.25) is 9.59 Å². The molecule has 0 bridgehead atoms. The predicted molar refractivity (Wildman–Crippen MR) is 138 cm³/mol. The van der Waals surface area contributed by atoms with E-state index in [2.05, 4.69) is 0 Å². The zero-order valence-corrected chi connectivity index (χ0v) is 22.1. The molecule has 7 nitrogen and oxygen atoms in total. The van der Waals surface area contributed by atoms with Gasteiger partial charge in [0.25, 0.3) is 0 Å². The van der Waals surface area contributed by atoms with Crippen molar-refractivity contribution in [2.45, 2.75) is 57.1 Å². The van der Waals surface area contributed by atoms with Crippen LogP contribution in [0.25, 0.3) is 0 Å². The van der Waals surface area contributed by atoms with E-state index in [9.17, 15) is 23.1 Å². The average Bonchev–Trinajstić information content (AvgIpc) is 3.29. The van der Waals surface area contributed by atoms with E-state index in [4.69, 9.17) is 4.74 Å². The summed E-state index contributed by atoms with van der Waals surface area (Å²) in [6.07, 6.45) is 0.223. The van der Waals surface area contributed by atoms with Crippen LogP contribution in [0.15, 0.2) is 59.5 Å². The van der Waals surface area contributed by atoms with E-state index in [0.29, 0.717) is 17.0 Å². The molecule has 2 atom stereocenters. The van der Waals surface area contributed by atoms with E-state index in [-0.39, 0.29) is 36.3 Å². The third-order valence-corrected chi connectivity index (χ3v) is 9.59. The van der Waals surface area contributed by atoms with E-state index < -0.39 is 21.9 Å². The molecule has 3 aromatic rings. The first-order valence-corrected chi connectivity index (χ1v) is 14.0. The molecule has 1 N–H and O–H groups in total. The number of carbonyl (C=O) groups is 2. The van der Waals surface area contributed by atoms with Crippen LogP contribution in [0, 0.1) is 6.92 Å². The van der Waals surface area contributed by atoms with Gasteiger partial charge in [-0.05, 0) is 61.2 Å². The van der Waals surface area contributed by atoms with E-state index in [1.54, 1.807) is 36.4 Å². The Labute approximate surface area is 215 Å². The summed E-state index contributed by atoms with van der Waals surface area (Å²) in [5, 5.41) is 9.59. The monoisotopic (exact) mass is 527 g/mol. The molecule has 0 saturated heterocycles. The number of carboxylic acids is 1. The molecule has 2 aromatic carbocycles. The van der Waals surface area contributed by atoms with Crippen molar-refractivity contribution in [3.8, 4) is 5.75 Å². The van der Waals surface area contributed by atoms with Gasteiger partial charge >= 0.3 is 5.97 Å². The Kier molecular flexibility index (Phi) is 7.63. The van der Waals surface area contributed by atoms with Gasteiger partial charge in [0.1, 0.15) is 16.7 Å². The summed E-state index contributed by atoms with van der Waals surface area (Å²) in [5.74, 6) is -1.11. The van der Waals surface area contributed by atoms with E-state index >= 15 is 0 Å². The van der Waals surface area contributed by atoms with Crippen molar-refractivity contribution < 1.29 is 27.9 Å². The molecular weight excluding hydrogens is 498 g/mol. The number of rotatable bonds is 8. The second-order valence-electron chi connectivity index (χ2n) is 8.99. The lowest BCUT2D eigenvalue weighted by molar-refractivity contribution is -0.137. The number of ether oxygens (including phenoxy) is 1. The number of sulfonamides is 1. The van der Waals surface area contributed by atoms with Gasteiger partial charge in [0, 0.05) is 17.3 Å². The number of thiophene rings is 1. The number of carbonyl (C=O) groups excluding carboxylic acids is 1. The van der Waals surface area contributed by atoms with Crippen molar-refractivity contribution in [3.63, 3.8) is 0 Å². The summed E-state index contributed by atoms with van der Waals surface area (Å²) in [7, 11) is -3.81. The van der Waals surface area contributed by atoms with Crippen molar-refractivity contribution in [3.05, 3.63) is 81.0 Å². The maximum atomic E-state index is 13.6. The van der Waals surface area contributed by atoms with Gasteiger partial charge in [0.05, 0.1) is 17.8 Å². The molecule has 190 valence electrons. The number of fused-ring (bicyclic) bond motifs is 1. The zero-order chi connectivity index (χ0) is 26.0. The summed E-state index contributed by atoms with van der Waals surface area (Å²) >= 11 is 1.29. The minimum Gasteiger partial charge on any atom is -0.488 e. The Morgan fingerprint density at radius 3 is 2.58 bits per heavy atom. The lowest BCUT2D eigenvalue weighted by Crippen LogP contribution is -2.36. The number of hydrogen-bond donors (Lipinski definition) is 1. The zero-order valence-electron chi connectivity index (χ0n) is 20.4. The van der Waals surface area contributed by atoms with Crippen LogP contribution >= 0.6 is 11.3 Å². The topological polar surface area (TPSA) is 101 Å². The number of aryl methyl sites for hydroxylation is 1. The number of para-hydroxylation sites is 1. The Morgan fingerprint density at radius 1 is 1.17 bits per heavy atom. The standard InChI is InChI=1S/C27H29NO6S2/c1-4-21-16-28(36(32,33)26-8-6-5-7-23(26)34-21)15-20-13-19(10-9-17(20)2)22(14-27(30)31)25-12-11-24(35-25)18(3)29/h5-13,21-22H,4,14-16H2,1-3H3,(H,30,31)/t21-,22?/m1/s1. The molecule has 4 rings (SSSR count). The van der Waals surface area contributed by atoms with E-state index in [1.165, 1.54) is 22.6 Å². The Balaban J connectivity index is 1.72. The van der Waals surface area contributed by atoms with Crippen LogP contribution in [-0.4, -0.2) is 42.2 Å². The largest absolute Gasteiger partial charge is 0.488 e. The molecule has 2 heterocycles. The molecule has 0 fully saturated rings. The molecule has 1 aliphatic rings. The number of benzene rings is 2. The van der Waals surface area contributed by atoms with Crippen molar-refractivity contribution in [1.82, 2.24) is 4.31 Å². The Bertz CT molecular complexity index is 1390. The van der Waals surface area contributed by atoms with Gasteiger partial charge in [-0.1, -0.05) is 37.3 Å². The fourth-order valence-electron chi connectivity index (χ4n) is 4.36. The summed E-state index contributed by atoms with van der Waals surface area (Å²) < 4.78 is 34.6. The van der Waals surface area contributed by atoms with Gasteiger partial charge in [0.15, 0.2) is 5.78 Å². The highest BCUT2D eigenvalue weighted by Crippen LogP contribution is 2.36. The molecular formula is C27H29NO6S2. The summed E-state index contributed by atoms with van der Waals surface area (Å²) in [5.41, 5.74) is 2.47. The van der Waals surface area contributed by atoms with Gasteiger partial charge in [-0.2, -0.15) is 4.31 Å². The fourth-order valence-corrected chi connectivity index (χ4v) is 6.96. The van der Waals surface area contributed by atoms with Crippen molar-refractivity contribution in [1.29, 1.82) is 0 Å². The quantitative estimate of drug-likeness (QED) is 0.403. The van der Waals surface area contributed by atoms with Crippen molar-refractivity contribution in [2.75, 3.05) is 6.54 Å². The highest BCUT2D eigenvalue weighted by atomic mass is 32.2. The first-order chi connectivity index (χ1) is 17.1. The highest BCUT2D eigenvalue weighted by Gasteiger charge is 2.34. The molecule has 0 aliphatic carbocycles. The summed E-state index contributed by atoms with van der Waals surface area (Å²) in [4.78, 5) is 25.0. The van der Waals surface area contributed by atoms with Crippen LogP contribution in [-0.2, 0) is 21.4 Å². The van der Waals surface area contributed by atoms with Crippen LogP contribution in [0.4, 0.5) is 0 Å². The normalized spacial score (nSPS) is 18.0.